The smallest absolute Gasteiger partial charge is 0.416 e. The maximum atomic E-state index is 14.0. The number of carbonyl (C=O) groups is 4. The highest BCUT2D eigenvalue weighted by atomic mass is 19.4. The van der Waals surface area contributed by atoms with E-state index in [2.05, 4.69) is 4.98 Å². The average molecular weight is 742 g/mol. The quantitative estimate of drug-likeness (QED) is 0.0494. The van der Waals surface area contributed by atoms with Gasteiger partial charge in [0.15, 0.2) is 11.5 Å². The van der Waals surface area contributed by atoms with Crippen LogP contribution in [0.2, 0.25) is 0 Å². The van der Waals surface area contributed by atoms with Crippen molar-refractivity contribution >= 4 is 23.7 Å². The number of hydrogen-bond donors (Lipinski definition) is 1. The van der Waals surface area contributed by atoms with Crippen LogP contribution in [0.3, 0.4) is 0 Å². The SMILES string of the molecule is CCOC(=O)C(COC(=O)Cc1ccc(-c2[nH]cc(C(=O)c3ccccc3-c3ccc(C(F)(F)F)cc3)c2OCC)cc1)(C(=O)OCC)c1ccccc1. The van der Waals surface area contributed by atoms with Gasteiger partial charge in [-0.05, 0) is 55.2 Å². The lowest BCUT2D eigenvalue weighted by atomic mass is 9.81. The van der Waals surface area contributed by atoms with E-state index in [4.69, 9.17) is 18.9 Å². The summed E-state index contributed by atoms with van der Waals surface area (Å²) >= 11 is 0. The molecule has 1 heterocycles. The lowest BCUT2D eigenvalue weighted by molar-refractivity contribution is -0.170. The summed E-state index contributed by atoms with van der Waals surface area (Å²) in [6.07, 6.45) is -3.16. The second-order valence-corrected chi connectivity index (χ2v) is 12.0. The molecule has 0 fully saturated rings. The maximum absolute atomic E-state index is 14.0. The van der Waals surface area contributed by atoms with Crippen molar-refractivity contribution in [2.45, 2.75) is 38.8 Å². The van der Waals surface area contributed by atoms with E-state index in [1.165, 1.54) is 18.3 Å². The third kappa shape index (κ3) is 8.38. The molecular weight excluding hydrogens is 703 g/mol. The van der Waals surface area contributed by atoms with Crippen LogP contribution in [0, 0.1) is 0 Å². The van der Waals surface area contributed by atoms with Crippen LogP contribution in [0.25, 0.3) is 22.4 Å². The van der Waals surface area contributed by atoms with Gasteiger partial charge in [-0.15, -0.1) is 0 Å². The first-order chi connectivity index (χ1) is 25.9. The van der Waals surface area contributed by atoms with E-state index < -0.39 is 47.5 Å². The third-order valence-electron chi connectivity index (χ3n) is 8.62. The van der Waals surface area contributed by atoms with Gasteiger partial charge in [-0.25, -0.2) is 0 Å². The molecule has 1 N–H and O–H groups in total. The Hall–Kier alpha value is -6.17. The number of carbonyl (C=O) groups excluding carboxylic acids is 4. The largest absolute Gasteiger partial charge is 0.491 e. The number of hydrogen-bond acceptors (Lipinski definition) is 8. The zero-order valence-electron chi connectivity index (χ0n) is 29.8. The van der Waals surface area contributed by atoms with E-state index >= 15 is 0 Å². The fraction of sp³-hybridized carbons (Fsp3) is 0.238. The summed E-state index contributed by atoms with van der Waals surface area (Å²) < 4.78 is 61.5. The highest BCUT2D eigenvalue weighted by molar-refractivity contribution is 6.15. The van der Waals surface area contributed by atoms with Gasteiger partial charge in [-0.3, -0.25) is 19.2 Å². The topological polar surface area (TPSA) is 121 Å². The summed E-state index contributed by atoms with van der Waals surface area (Å²) in [6, 6.07) is 26.2. The number of nitrogens with one attached hydrogen (secondary N) is 1. The van der Waals surface area contributed by atoms with Gasteiger partial charge in [0, 0.05) is 17.3 Å². The number of alkyl halides is 3. The molecule has 0 aliphatic heterocycles. The Morgan fingerprint density at radius 1 is 0.630 bits per heavy atom. The number of aromatic nitrogens is 1. The van der Waals surface area contributed by atoms with Crippen molar-refractivity contribution in [2.75, 3.05) is 26.4 Å². The van der Waals surface area contributed by atoms with Gasteiger partial charge in [0.25, 0.3) is 0 Å². The molecule has 5 aromatic rings. The van der Waals surface area contributed by atoms with E-state index in [1.807, 2.05) is 0 Å². The van der Waals surface area contributed by atoms with Crippen LogP contribution < -0.4 is 4.74 Å². The third-order valence-corrected chi connectivity index (χ3v) is 8.62. The minimum absolute atomic E-state index is 0.00931. The van der Waals surface area contributed by atoms with E-state index in [0.717, 1.165) is 12.1 Å². The normalized spacial score (nSPS) is 11.4. The molecule has 0 atom stereocenters. The number of aromatic amines is 1. The van der Waals surface area contributed by atoms with E-state index in [-0.39, 0.29) is 48.7 Å². The van der Waals surface area contributed by atoms with Crippen molar-refractivity contribution in [1.82, 2.24) is 4.98 Å². The minimum atomic E-state index is -4.49. The zero-order chi connectivity index (χ0) is 38.9. The molecule has 0 saturated carbocycles. The molecule has 0 unspecified atom stereocenters. The number of benzene rings is 4. The molecule has 280 valence electrons. The highest BCUT2D eigenvalue weighted by Crippen LogP contribution is 2.37. The van der Waals surface area contributed by atoms with Crippen molar-refractivity contribution in [3.8, 4) is 28.1 Å². The summed E-state index contributed by atoms with van der Waals surface area (Å²) in [5, 5.41) is 0. The van der Waals surface area contributed by atoms with Gasteiger partial charge in [0.2, 0.25) is 5.41 Å². The maximum Gasteiger partial charge on any atom is 0.416 e. The number of halogens is 3. The van der Waals surface area contributed by atoms with Crippen LogP contribution in [0.15, 0.2) is 109 Å². The average Bonchev–Trinajstić information content (AvgIpc) is 3.59. The van der Waals surface area contributed by atoms with Gasteiger partial charge < -0.3 is 23.9 Å². The molecule has 5 rings (SSSR count). The predicted octanol–water partition coefficient (Wildman–Crippen LogP) is 8.15. The van der Waals surface area contributed by atoms with Crippen LogP contribution in [0.1, 0.15) is 53.4 Å². The summed E-state index contributed by atoms with van der Waals surface area (Å²) in [4.78, 5) is 56.7. The van der Waals surface area contributed by atoms with Crippen LogP contribution in [0.5, 0.6) is 5.75 Å². The highest BCUT2D eigenvalue weighted by Gasteiger charge is 2.52. The monoisotopic (exact) mass is 741 g/mol. The fourth-order valence-electron chi connectivity index (χ4n) is 5.95. The van der Waals surface area contributed by atoms with Crippen LogP contribution in [0.4, 0.5) is 13.2 Å². The van der Waals surface area contributed by atoms with Crippen LogP contribution in [-0.4, -0.2) is 55.1 Å². The molecule has 0 aliphatic carbocycles. The van der Waals surface area contributed by atoms with Gasteiger partial charge in [-0.2, -0.15) is 13.2 Å². The Kier molecular flexibility index (Phi) is 12.4. The molecule has 12 heteroatoms. The van der Waals surface area contributed by atoms with Gasteiger partial charge >= 0.3 is 24.1 Å². The van der Waals surface area contributed by atoms with Crippen molar-refractivity contribution in [1.29, 1.82) is 0 Å². The lowest BCUT2D eigenvalue weighted by Gasteiger charge is -2.29. The fourth-order valence-corrected chi connectivity index (χ4v) is 5.95. The number of rotatable bonds is 15. The van der Waals surface area contributed by atoms with Gasteiger partial charge in [0.1, 0.15) is 6.61 Å². The van der Waals surface area contributed by atoms with Crippen molar-refractivity contribution in [3.63, 3.8) is 0 Å². The van der Waals surface area contributed by atoms with Crippen molar-refractivity contribution in [2.24, 2.45) is 0 Å². The van der Waals surface area contributed by atoms with Gasteiger partial charge in [-0.1, -0.05) is 91.0 Å². The Morgan fingerprint density at radius 3 is 1.81 bits per heavy atom. The minimum Gasteiger partial charge on any atom is -0.491 e. The Bertz CT molecular complexity index is 2070. The molecular formula is C42H38F3NO8. The predicted molar refractivity (Wildman–Crippen MR) is 194 cm³/mol. The summed E-state index contributed by atoms with van der Waals surface area (Å²) in [7, 11) is 0. The Morgan fingerprint density at radius 2 is 1.22 bits per heavy atom. The molecule has 0 amide bonds. The van der Waals surface area contributed by atoms with Crippen molar-refractivity contribution in [3.05, 3.63) is 137 Å². The standard InChI is InChI=1S/C42H38F3NO8/c1-4-51-38-34(37(48)33-15-11-10-14-32(33)28-20-22-31(23-21-28)42(43,44)45)25-46-36(38)29-18-16-27(17-19-29)24-35(47)54-26-41(39(49)52-5-2,40(50)53-6-3)30-12-8-7-9-13-30/h7-23,25,46H,4-6,24,26H2,1-3H3. The van der Waals surface area contributed by atoms with Crippen molar-refractivity contribution < 1.29 is 51.3 Å². The van der Waals surface area contributed by atoms with E-state index in [9.17, 15) is 32.3 Å². The number of esters is 3. The second kappa shape index (κ2) is 17.1. The first-order valence-electron chi connectivity index (χ1n) is 17.2. The van der Waals surface area contributed by atoms with E-state index in [1.54, 1.807) is 99.6 Å². The molecule has 9 nitrogen and oxygen atoms in total. The summed E-state index contributed by atoms with van der Waals surface area (Å²) in [6.45, 7) is 4.55. The van der Waals surface area contributed by atoms with E-state index in [0.29, 0.717) is 27.9 Å². The summed E-state index contributed by atoms with van der Waals surface area (Å²) in [5.74, 6) is -2.61. The van der Waals surface area contributed by atoms with Gasteiger partial charge in [0.05, 0.1) is 43.1 Å². The lowest BCUT2D eigenvalue weighted by Crippen LogP contribution is -2.50. The molecule has 0 bridgehead atoms. The Labute approximate surface area is 310 Å². The van der Waals surface area contributed by atoms with Crippen LogP contribution >= 0.6 is 0 Å². The molecule has 54 heavy (non-hydrogen) atoms. The molecule has 1 aromatic heterocycles. The molecule has 0 aliphatic rings. The Balaban J connectivity index is 1.36. The molecule has 0 saturated heterocycles. The molecule has 4 aromatic carbocycles. The number of ketones is 1. The zero-order valence-corrected chi connectivity index (χ0v) is 29.8. The first kappa shape index (κ1) is 39.0. The molecule has 0 radical (unpaired) electrons. The second-order valence-electron chi connectivity index (χ2n) is 12.0. The molecule has 0 spiro atoms. The number of ether oxygens (including phenoxy) is 4. The number of H-pyrrole nitrogens is 1. The summed E-state index contributed by atoms with van der Waals surface area (Å²) in [5.41, 5.74) is 0.554. The first-order valence-corrected chi connectivity index (χ1v) is 17.2. The van der Waals surface area contributed by atoms with Crippen LogP contribution in [-0.2, 0) is 46.6 Å².